The zero-order valence-electron chi connectivity index (χ0n) is 11.8. The van der Waals surface area contributed by atoms with Crippen LogP contribution in [0.25, 0.3) is 6.08 Å². The van der Waals surface area contributed by atoms with Crippen LogP contribution in [-0.2, 0) is 14.3 Å². The summed E-state index contributed by atoms with van der Waals surface area (Å²) in [4.78, 5) is 22.3. The lowest BCUT2D eigenvalue weighted by Gasteiger charge is -2.21. The molecule has 5 heteroatoms. The molecule has 0 aliphatic rings. The Balaban J connectivity index is 2.78. The van der Waals surface area contributed by atoms with Crippen LogP contribution >= 0.6 is 0 Å². The van der Waals surface area contributed by atoms with E-state index in [0.717, 1.165) is 5.56 Å². The Morgan fingerprint density at radius 3 is 2.45 bits per heavy atom. The predicted molar refractivity (Wildman–Crippen MR) is 76.0 cm³/mol. The highest BCUT2D eigenvalue weighted by Crippen LogP contribution is 2.07. The predicted octanol–water partition coefficient (Wildman–Crippen LogP) is 2.38. The lowest BCUT2D eigenvalue weighted by molar-refractivity contribution is -0.146. The smallest absolute Gasteiger partial charge is 0.407 e. The SMILES string of the molecule is COC(=O)N[C@H](/C=C/c1ccccc1)[C@H](C)OC(C)=O. The molecule has 0 spiro atoms. The number of carbonyl (C=O) groups excluding carboxylic acids is 2. The third kappa shape index (κ3) is 5.56. The van der Waals surface area contributed by atoms with Crippen LogP contribution in [0.3, 0.4) is 0 Å². The van der Waals surface area contributed by atoms with Gasteiger partial charge in [0.2, 0.25) is 0 Å². The highest BCUT2D eigenvalue weighted by molar-refractivity contribution is 5.69. The minimum absolute atomic E-state index is 0.401. The molecule has 0 saturated carbocycles. The summed E-state index contributed by atoms with van der Waals surface area (Å²) >= 11 is 0. The van der Waals surface area contributed by atoms with E-state index in [0.29, 0.717) is 0 Å². The van der Waals surface area contributed by atoms with Crippen molar-refractivity contribution in [1.29, 1.82) is 0 Å². The first-order chi connectivity index (χ1) is 9.52. The van der Waals surface area contributed by atoms with Crippen molar-refractivity contribution in [1.82, 2.24) is 5.32 Å². The number of methoxy groups -OCH3 is 1. The average molecular weight is 277 g/mol. The van der Waals surface area contributed by atoms with Gasteiger partial charge in [0.25, 0.3) is 0 Å². The van der Waals surface area contributed by atoms with Crippen molar-refractivity contribution in [3.05, 3.63) is 42.0 Å². The first-order valence-corrected chi connectivity index (χ1v) is 6.28. The third-order valence-corrected chi connectivity index (χ3v) is 2.62. The minimum atomic E-state index is -0.577. The summed E-state index contributed by atoms with van der Waals surface area (Å²) in [6, 6.07) is 9.15. The Morgan fingerprint density at radius 1 is 1.25 bits per heavy atom. The summed E-state index contributed by atoms with van der Waals surface area (Å²) in [6.45, 7) is 3.03. The maximum atomic E-state index is 11.3. The van der Waals surface area contributed by atoms with Gasteiger partial charge in [-0.1, -0.05) is 42.5 Å². The van der Waals surface area contributed by atoms with Crippen molar-refractivity contribution in [3.8, 4) is 0 Å². The Labute approximate surface area is 118 Å². The van der Waals surface area contributed by atoms with Crippen molar-refractivity contribution in [3.63, 3.8) is 0 Å². The van der Waals surface area contributed by atoms with E-state index in [4.69, 9.17) is 4.74 Å². The molecule has 20 heavy (non-hydrogen) atoms. The Bertz CT molecular complexity index is 470. The molecule has 1 aromatic rings. The number of ether oxygens (including phenoxy) is 2. The van der Waals surface area contributed by atoms with Gasteiger partial charge in [0.15, 0.2) is 0 Å². The van der Waals surface area contributed by atoms with Crippen LogP contribution in [0, 0.1) is 0 Å². The van der Waals surface area contributed by atoms with Crippen molar-refractivity contribution in [2.24, 2.45) is 0 Å². The molecule has 108 valence electrons. The lowest BCUT2D eigenvalue weighted by Crippen LogP contribution is -2.42. The molecule has 0 heterocycles. The van der Waals surface area contributed by atoms with Crippen LogP contribution in [0.2, 0.25) is 0 Å². The molecule has 1 amide bonds. The molecule has 0 unspecified atom stereocenters. The van der Waals surface area contributed by atoms with Crippen LogP contribution in [0.4, 0.5) is 4.79 Å². The molecule has 1 aromatic carbocycles. The van der Waals surface area contributed by atoms with E-state index in [1.54, 1.807) is 13.0 Å². The molecule has 0 bridgehead atoms. The number of carbonyl (C=O) groups is 2. The fraction of sp³-hybridized carbons (Fsp3) is 0.333. The standard InChI is InChI=1S/C15H19NO4/c1-11(20-12(2)17)14(16-15(18)19-3)10-9-13-7-5-4-6-8-13/h4-11,14H,1-3H3,(H,16,18)/b10-9+/t11-,14+/m0/s1. The second kappa shape index (κ2) is 7.99. The zero-order chi connectivity index (χ0) is 15.0. The number of alkyl carbamates (subject to hydrolysis) is 1. The van der Waals surface area contributed by atoms with E-state index in [9.17, 15) is 9.59 Å². The fourth-order valence-corrected chi connectivity index (χ4v) is 1.63. The molecular formula is C15H19NO4. The number of benzene rings is 1. The maximum absolute atomic E-state index is 11.3. The quantitative estimate of drug-likeness (QED) is 0.839. The molecule has 0 saturated heterocycles. The molecule has 1 N–H and O–H groups in total. The Hall–Kier alpha value is -2.30. The molecule has 2 atom stereocenters. The summed E-state index contributed by atoms with van der Waals surface area (Å²) in [5, 5.41) is 2.62. The van der Waals surface area contributed by atoms with Gasteiger partial charge < -0.3 is 14.8 Å². The van der Waals surface area contributed by atoms with Gasteiger partial charge in [-0.2, -0.15) is 0 Å². The van der Waals surface area contributed by atoms with Crippen LogP contribution in [0.15, 0.2) is 36.4 Å². The van der Waals surface area contributed by atoms with E-state index in [1.807, 2.05) is 36.4 Å². The van der Waals surface area contributed by atoms with Gasteiger partial charge in [0, 0.05) is 6.92 Å². The first-order valence-electron chi connectivity index (χ1n) is 6.28. The Morgan fingerprint density at radius 2 is 1.90 bits per heavy atom. The summed E-state index contributed by atoms with van der Waals surface area (Å²) in [6.07, 6.45) is 2.54. The third-order valence-electron chi connectivity index (χ3n) is 2.62. The largest absolute Gasteiger partial charge is 0.460 e. The number of amides is 1. The van der Waals surface area contributed by atoms with Crippen LogP contribution in [0.5, 0.6) is 0 Å². The van der Waals surface area contributed by atoms with Gasteiger partial charge >= 0.3 is 12.1 Å². The highest BCUT2D eigenvalue weighted by Gasteiger charge is 2.19. The van der Waals surface area contributed by atoms with Crippen molar-refractivity contribution in [2.75, 3.05) is 7.11 Å². The van der Waals surface area contributed by atoms with Gasteiger partial charge in [0.1, 0.15) is 6.10 Å². The zero-order valence-corrected chi connectivity index (χ0v) is 11.8. The summed E-state index contributed by atoms with van der Waals surface area (Å²) < 4.78 is 9.65. The maximum Gasteiger partial charge on any atom is 0.407 e. The van der Waals surface area contributed by atoms with E-state index < -0.39 is 24.2 Å². The average Bonchev–Trinajstić information content (AvgIpc) is 2.43. The monoisotopic (exact) mass is 277 g/mol. The molecule has 0 aliphatic carbocycles. The van der Waals surface area contributed by atoms with E-state index in [1.165, 1.54) is 14.0 Å². The summed E-state index contributed by atoms with van der Waals surface area (Å²) in [7, 11) is 1.28. The normalized spacial score (nSPS) is 13.6. The number of hydrogen-bond acceptors (Lipinski definition) is 4. The number of hydrogen-bond donors (Lipinski definition) is 1. The van der Waals surface area contributed by atoms with Gasteiger partial charge in [-0.05, 0) is 12.5 Å². The molecule has 0 fully saturated rings. The van der Waals surface area contributed by atoms with Crippen molar-refractivity contribution in [2.45, 2.75) is 26.0 Å². The van der Waals surface area contributed by atoms with Crippen molar-refractivity contribution < 1.29 is 19.1 Å². The first kappa shape index (κ1) is 15.8. The second-order valence-electron chi connectivity index (χ2n) is 4.25. The van der Waals surface area contributed by atoms with E-state index >= 15 is 0 Å². The van der Waals surface area contributed by atoms with Crippen LogP contribution in [0.1, 0.15) is 19.4 Å². The van der Waals surface area contributed by atoms with Crippen LogP contribution in [-0.4, -0.2) is 31.3 Å². The molecule has 0 radical (unpaired) electrons. The van der Waals surface area contributed by atoms with E-state index in [-0.39, 0.29) is 0 Å². The molecular weight excluding hydrogens is 258 g/mol. The minimum Gasteiger partial charge on any atom is -0.460 e. The van der Waals surface area contributed by atoms with Gasteiger partial charge in [-0.25, -0.2) is 4.79 Å². The van der Waals surface area contributed by atoms with Crippen LogP contribution < -0.4 is 5.32 Å². The van der Waals surface area contributed by atoms with Gasteiger partial charge in [-0.3, -0.25) is 4.79 Å². The number of rotatable bonds is 5. The van der Waals surface area contributed by atoms with Gasteiger partial charge in [0.05, 0.1) is 13.2 Å². The second-order valence-corrected chi connectivity index (χ2v) is 4.25. The Kier molecular flexibility index (Phi) is 6.29. The topological polar surface area (TPSA) is 64.6 Å². The van der Waals surface area contributed by atoms with Gasteiger partial charge in [-0.15, -0.1) is 0 Å². The summed E-state index contributed by atoms with van der Waals surface area (Å²) in [5.74, 6) is -0.401. The molecule has 0 aromatic heterocycles. The van der Waals surface area contributed by atoms with Crippen molar-refractivity contribution >= 4 is 18.1 Å². The number of nitrogens with one attached hydrogen (secondary N) is 1. The molecule has 5 nitrogen and oxygen atoms in total. The highest BCUT2D eigenvalue weighted by atomic mass is 16.5. The number of esters is 1. The lowest BCUT2D eigenvalue weighted by atomic mass is 10.1. The fourth-order valence-electron chi connectivity index (χ4n) is 1.63. The molecule has 1 rings (SSSR count). The molecule has 0 aliphatic heterocycles. The summed E-state index contributed by atoms with van der Waals surface area (Å²) in [5.41, 5.74) is 0.985. The van der Waals surface area contributed by atoms with E-state index in [2.05, 4.69) is 10.1 Å².